The van der Waals surface area contributed by atoms with E-state index in [-0.39, 0.29) is 39.0 Å². The first-order valence-corrected chi connectivity index (χ1v) is 12.0. The fraction of sp³-hybridized carbons (Fsp3) is 0.370. The van der Waals surface area contributed by atoms with E-state index in [9.17, 15) is 22.4 Å². The van der Waals surface area contributed by atoms with Crippen molar-refractivity contribution < 1.29 is 36.6 Å². The van der Waals surface area contributed by atoms with Gasteiger partial charge >= 0.3 is 12.6 Å². The van der Waals surface area contributed by atoms with Gasteiger partial charge in [-0.3, -0.25) is 9.36 Å². The summed E-state index contributed by atoms with van der Waals surface area (Å²) >= 11 is 0. The largest absolute Gasteiger partial charge is 0.496 e. The third-order valence-corrected chi connectivity index (χ3v) is 5.87. The van der Waals surface area contributed by atoms with Gasteiger partial charge in [0, 0.05) is 41.9 Å². The Morgan fingerprint density at radius 1 is 1.03 bits per heavy atom. The Hall–Kier alpha value is -4.09. The molecule has 0 N–H and O–H groups in total. The number of ether oxygens (including phenoxy) is 3. The third kappa shape index (κ3) is 5.69. The molecule has 0 aliphatic carbocycles. The van der Waals surface area contributed by atoms with Gasteiger partial charge in [0.15, 0.2) is 0 Å². The molecule has 0 unspecified atom stereocenters. The van der Waals surface area contributed by atoms with Crippen LogP contribution in [0.15, 0.2) is 36.7 Å². The van der Waals surface area contributed by atoms with Crippen LogP contribution in [0.3, 0.4) is 0 Å². The lowest BCUT2D eigenvalue weighted by atomic mass is 9.97. The third-order valence-electron chi connectivity index (χ3n) is 5.87. The number of carbonyl (C=O) groups is 1. The highest BCUT2D eigenvalue weighted by molar-refractivity contribution is 6.01. The molecule has 0 saturated carbocycles. The topological polar surface area (TPSA) is 80.4 Å². The van der Waals surface area contributed by atoms with Crippen molar-refractivity contribution in [3.8, 4) is 33.9 Å². The van der Waals surface area contributed by atoms with Crippen molar-refractivity contribution in [1.82, 2.24) is 19.6 Å². The molecule has 0 amide bonds. The first-order chi connectivity index (χ1) is 18.3. The molecule has 0 atom stereocenters. The van der Waals surface area contributed by atoms with E-state index in [0.717, 1.165) is 0 Å². The smallest absolute Gasteiger partial charge is 0.387 e. The normalized spacial score (nSPS) is 12.0. The summed E-state index contributed by atoms with van der Waals surface area (Å²) in [6.45, 7) is 4.10. The minimum Gasteiger partial charge on any atom is -0.496 e. The zero-order valence-corrected chi connectivity index (χ0v) is 22.3. The van der Waals surface area contributed by atoms with Crippen LogP contribution in [0.5, 0.6) is 11.5 Å². The van der Waals surface area contributed by atoms with Gasteiger partial charge in [-0.1, -0.05) is 0 Å². The number of aryl methyl sites for hydroxylation is 2. The van der Waals surface area contributed by atoms with Crippen LogP contribution in [-0.4, -0.2) is 44.9 Å². The van der Waals surface area contributed by atoms with Crippen LogP contribution in [-0.2, 0) is 18.3 Å². The first-order valence-electron chi connectivity index (χ1n) is 12.0. The molecule has 0 bridgehead atoms. The second kappa shape index (κ2) is 10.6. The second-order valence-electron chi connectivity index (χ2n) is 9.75. The van der Waals surface area contributed by atoms with Crippen LogP contribution in [0.2, 0.25) is 0 Å². The maximum Gasteiger partial charge on any atom is 0.387 e. The fourth-order valence-electron chi connectivity index (χ4n) is 4.32. The maximum atomic E-state index is 14.4. The van der Waals surface area contributed by atoms with Crippen LogP contribution >= 0.6 is 0 Å². The van der Waals surface area contributed by atoms with Crippen molar-refractivity contribution in [3.05, 3.63) is 47.8 Å². The van der Waals surface area contributed by atoms with Crippen molar-refractivity contribution in [2.24, 2.45) is 7.05 Å². The van der Waals surface area contributed by atoms with Crippen LogP contribution < -0.4 is 9.47 Å². The van der Waals surface area contributed by atoms with E-state index in [1.165, 1.54) is 30.0 Å². The predicted molar refractivity (Wildman–Crippen MR) is 136 cm³/mol. The predicted octanol–water partition coefficient (Wildman–Crippen LogP) is 6.63. The van der Waals surface area contributed by atoms with Crippen molar-refractivity contribution in [1.29, 1.82) is 0 Å². The van der Waals surface area contributed by atoms with E-state index in [2.05, 4.69) is 14.9 Å². The quantitative estimate of drug-likeness (QED) is 0.182. The van der Waals surface area contributed by atoms with Gasteiger partial charge in [0.25, 0.3) is 6.43 Å². The number of rotatable bonds is 8. The molecule has 39 heavy (non-hydrogen) atoms. The lowest BCUT2D eigenvalue weighted by Gasteiger charge is -2.22. The fourth-order valence-corrected chi connectivity index (χ4v) is 4.32. The molecule has 8 nitrogen and oxygen atoms in total. The standard InChI is InChI=1S/C27H28F4N4O4/c1-7-35-13-16(12-32-35)14-8-17(24(28)29)21-18(9-14)33-34(5)23(21)15-10-19(37-6)22(20(11-15)38-26(30)31)25(36)39-27(2,3)4/h8-13,24,26H,7H2,1-6H3. The Balaban J connectivity index is 1.96. The Morgan fingerprint density at radius 3 is 2.28 bits per heavy atom. The Labute approximate surface area is 222 Å². The summed E-state index contributed by atoms with van der Waals surface area (Å²) in [6.07, 6.45) is 0.447. The van der Waals surface area contributed by atoms with Gasteiger partial charge < -0.3 is 14.2 Å². The van der Waals surface area contributed by atoms with Gasteiger partial charge in [-0.25, -0.2) is 13.6 Å². The highest BCUT2D eigenvalue weighted by atomic mass is 19.3. The number of aromatic nitrogens is 4. The zero-order chi connectivity index (χ0) is 28.6. The lowest BCUT2D eigenvalue weighted by Crippen LogP contribution is -2.25. The maximum absolute atomic E-state index is 14.4. The molecule has 0 saturated heterocycles. The minimum absolute atomic E-state index is 0.120. The van der Waals surface area contributed by atoms with E-state index in [4.69, 9.17) is 9.47 Å². The second-order valence-corrected chi connectivity index (χ2v) is 9.75. The molecule has 0 aliphatic heterocycles. The van der Waals surface area contributed by atoms with E-state index in [1.54, 1.807) is 51.0 Å². The van der Waals surface area contributed by atoms with Crippen molar-refractivity contribution >= 4 is 16.9 Å². The summed E-state index contributed by atoms with van der Waals surface area (Å²) in [5, 5.41) is 8.76. The molecule has 2 heterocycles. The number of alkyl halides is 4. The number of esters is 1. The molecular formula is C27H28F4N4O4. The molecule has 208 valence electrons. The van der Waals surface area contributed by atoms with E-state index >= 15 is 0 Å². The molecule has 2 aromatic heterocycles. The summed E-state index contributed by atoms with van der Waals surface area (Å²) in [5.74, 6) is -1.60. The molecule has 4 rings (SSSR count). The molecule has 12 heteroatoms. The average Bonchev–Trinajstić information content (AvgIpc) is 3.44. The summed E-state index contributed by atoms with van der Waals surface area (Å²) in [6, 6.07) is 5.56. The molecule has 2 aromatic carbocycles. The molecule has 0 aliphatic rings. The summed E-state index contributed by atoms with van der Waals surface area (Å²) in [7, 11) is 2.79. The molecule has 0 fully saturated rings. The number of fused-ring (bicyclic) bond motifs is 1. The van der Waals surface area contributed by atoms with Gasteiger partial charge in [0.1, 0.15) is 22.7 Å². The van der Waals surface area contributed by atoms with Crippen molar-refractivity contribution in [2.45, 2.75) is 52.9 Å². The number of benzene rings is 2. The Bertz CT molecular complexity index is 1520. The number of carbonyl (C=O) groups excluding carboxylic acids is 1. The van der Waals surface area contributed by atoms with E-state index < -0.39 is 30.4 Å². The molecular weight excluding hydrogens is 520 g/mol. The van der Waals surface area contributed by atoms with Gasteiger partial charge in [-0.05, 0) is 57.5 Å². The SMILES string of the molecule is CCn1cc(-c2cc(C(F)F)c3c(-c4cc(OC)c(C(=O)OC(C)(C)C)c(OC(F)F)c4)n(C)nc3c2)cn1. The van der Waals surface area contributed by atoms with E-state index in [0.29, 0.717) is 17.7 Å². The number of methoxy groups -OCH3 is 1. The van der Waals surface area contributed by atoms with Crippen LogP contribution in [0.4, 0.5) is 17.6 Å². The molecule has 4 aromatic rings. The monoisotopic (exact) mass is 548 g/mol. The van der Waals surface area contributed by atoms with Gasteiger partial charge in [0.05, 0.1) is 24.5 Å². The van der Waals surface area contributed by atoms with Gasteiger partial charge in [0.2, 0.25) is 0 Å². The summed E-state index contributed by atoms with van der Waals surface area (Å²) < 4.78 is 74.1. The Morgan fingerprint density at radius 2 is 1.72 bits per heavy atom. The summed E-state index contributed by atoms with van der Waals surface area (Å²) in [5.41, 5.74) is 0.186. The minimum atomic E-state index is -3.28. The number of halogens is 4. The average molecular weight is 549 g/mol. The molecule has 0 radical (unpaired) electrons. The van der Waals surface area contributed by atoms with Crippen molar-refractivity contribution in [2.75, 3.05) is 7.11 Å². The molecule has 0 spiro atoms. The lowest BCUT2D eigenvalue weighted by molar-refractivity contribution is -0.0509. The van der Waals surface area contributed by atoms with Gasteiger partial charge in [-0.15, -0.1) is 0 Å². The number of hydrogen-bond acceptors (Lipinski definition) is 6. The van der Waals surface area contributed by atoms with Crippen LogP contribution in [0.1, 0.15) is 50.0 Å². The van der Waals surface area contributed by atoms with Crippen LogP contribution in [0, 0.1) is 0 Å². The van der Waals surface area contributed by atoms with Crippen LogP contribution in [0.25, 0.3) is 33.3 Å². The number of hydrogen-bond donors (Lipinski definition) is 0. The summed E-state index contributed by atoms with van der Waals surface area (Å²) in [4.78, 5) is 12.9. The zero-order valence-electron chi connectivity index (χ0n) is 22.3. The highest BCUT2D eigenvalue weighted by Crippen LogP contribution is 2.42. The number of nitrogens with zero attached hydrogens (tertiary/aromatic N) is 4. The first kappa shape index (κ1) is 27.9. The van der Waals surface area contributed by atoms with Crippen molar-refractivity contribution in [3.63, 3.8) is 0 Å². The Kier molecular flexibility index (Phi) is 7.58. The van der Waals surface area contributed by atoms with E-state index in [1.807, 2.05) is 6.92 Å². The van der Waals surface area contributed by atoms with Gasteiger partial charge in [-0.2, -0.15) is 19.0 Å². The highest BCUT2D eigenvalue weighted by Gasteiger charge is 2.29.